The molecule has 58 heavy (non-hydrogen) atoms. The number of halogens is 7. The van der Waals surface area contributed by atoms with Crippen LogP contribution >= 0.6 is 11.6 Å². The lowest BCUT2D eigenvalue weighted by molar-refractivity contribution is -0.138. The monoisotopic (exact) mass is 826 g/mol. The Morgan fingerprint density at radius 3 is 2.16 bits per heavy atom. The Hall–Kier alpha value is -6.27. The molecule has 0 unspecified atom stereocenters. The minimum absolute atomic E-state index is 0.156. The Morgan fingerprint density at radius 2 is 1.48 bits per heavy atom. The molecule has 0 spiro atoms. The van der Waals surface area contributed by atoms with Gasteiger partial charge in [0.05, 0.1) is 33.1 Å². The van der Waals surface area contributed by atoms with Gasteiger partial charge in [0.25, 0.3) is 11.8 Å². The number of fused-ring (bicyclic) bond motifs is 1. The molecule has 0 radical (unpaired) electrons. The topological polar surface area (TPSA) is 144 Å². The lowest BCUT2D eigenvalue weighted by Gasteiger charge is -2.34. The number of nitrogens with one attached hydrogen (secondary N) is 2. The number of aromatic carboxylic acids is 1. The standard InChI is InChI=1S/C32H29ClF3N7O2.C7H4F3NO2/c1-41-13-15-42(16-14-41)24-8-5-22(6-9-24)39-31-37-19-25-27(40-31)11-12-43(30(25)45)28-18-23(7-10-26(28)33)38-29(44)20-3-2-4-21(17-20)32(34,35)36;8-7(9,10)4-1-2-11-5(3-4)6(12)13/h2-10,17-19H,11-16H2,1H3,(H,38,44)(H,37,39,40);1-3H,(H,12,13). The summed E-state index contributed by atoms with van der Waals surface area (Å²) in [5.41, 5.74) is 0.799. The fourth-order valence-corrected chi connectivity index (χ4v) is 6.27. The number of carboxylic acid groups (broad SMARTS) is 1. The minimum Gasteiger partial charge on any atom is -0.477 e. The molecule has 2 amide bonds. The highest BCUT2D eigenvalue weighted by atomic mass is 35.5. The summed E-state index contributed by atoms with van der Waals surface area (Å²) in [4.78, 5) is 54.8. The van der Waals surface area contributed by atoms with Crippen LogP contribution in [0.5, 0.6) is 0 Å². The number of carbonyl (C=O) groups excluding carboxylic acids is 2. The molecule has 1 fully saturated rings. The Labute approximate surface area is 332 Å². The first-order valence-corrected chi connectivity index (χ1v) is 17.9. The summed E-state index contributed by atoms with van der Waals surface area (Å²) in [6.45, 7) is 4.28. The first kappa shape index (κ1) is 41.4. The summed E-state index contributed by atoms with van der Waals surface area (Å²) in [5.74, 6) is -2.19. The van der Waals surface area contributed by atoms with Crippen molar-refractivity contribution in [3.63, 3.8) is 0 Å². The third kappa shape index (κ3) is 9.99. The van der Waals surface area contributed by atoms with Gasteiger partial charge >= 0.3 is 18.3 Å². The number of pyridine rings is 1. The predicted molar refractivity (Wildman–Crippen MR) is 204 cm³/mol. The van der Waals surface area contributed by atoms with Crippen LogP contribution in [0.1, 0.15) is 48.0 Å². The van der Waals surface area contributed by atoms with Crippen molar-refractivity contribution in [3.05, 3.63) is 130 Å². The van der Waals surface area contributed by atoms with Crippen molar-refractivity contribution in [2.75, 3.05) is 60.2 Å². The number of piperazine rings is 1. The van der Waals surface area contributed by atoms with Gasteiger partial charge in [0.15, 0.2) is 0 Å². The Bertz CT molecular complexity index is 2320. The summed E-state index contributed by atoms with van der Waals surface area (Å²) in [5, 5.41) is 14.4. The van der Waals surface area contributed by atoms with Crippen molar-refractivity contribution in [2.45, 2.75) is 18.8 Å². The van der Waals surface area contributed by atoms with Crippen LogP contribution in [-0.4, -0.2) is 82.5 Å². The maximum atomic E-state index is 13.5. The summed E-state index contributed by atoms with van der Waals surface area (Å²) in [6.07, 6.45) is -6.40. The number of likely N-dealkylation sites (N-methyl/N-ethyl adjacent to an activating group) is 1. The number of alkyl halides is 6. The van der Waals surface area contributed by atoms with E-state index in [1.807, 2.05) is 12.1 Å². The van der Waals surface area contributed by atoms with E-state index in [-0.39, 0.29) is 28.7 Å². The molecule has 2 aliphatic rings. The van der Waals surface area contributed by atoms with Gasteiger partial charge in [-0.05, 0) is 79.8 Å². The van der Waals surface area contributed by atoms with Crippen molar-refractivity contribution in [3.8, 4) is 0 Å². The van der Waals surface area contributed by atoms with Gasteiger partial charge in [-0.3, -0.25) is 9.59 Å². The van der Waals surface area contributed by atoms with E-state index in [9.17, 15) is 40.7 Å². The normalized spacial score (nSPS) is 14.6. The van der Waals surface area contributed by atoms with E-state index in [0.717, 1.165) is 55.9 Å². The molecule has 0 saturated carbocycles. The number of nitrogens with zero attached hydrogens (tertiary/aromatic N) is 6. The Balaban J connectivity index is 0.000000372. The van der Waals surface area contributed by atoms with Crippen molar-refractivity contribution < 1.29 is 45.8 Å². The van der Waals surface area contributed by atoms with Crippen LogP contribution in [0.4, 0.5) is 55.0 Å². The fraction of sp³-hybridized carbons (Fsp3) is 0.231. The molecule has 2 aliphatic heterocycles. The molecule has 0 atom stereocenters. The maximum Gasteiger partial charge on any atom is 0.416 e. The number of anilines is 5. The molecule has 7 rings (SSSR count). The van der Waals surface area contributed by atoms with Crippen molar-refractivity contribution in [1.82, 2.24) is 19.9 Å². The number of hydrogen-bond acceptors (Lipinski definition) is 9. The Morgan fingerprint density at radius 1 is 0.810 bits per heavy atom. The number of hydrogen-bond donors (Lipinski definition) is 3. The van der Waals surface area contributed by atoms with E-state index in [4.69, 9.17) is 16.7 Å². The van der Waals surface area contributed by atoms with Crippen molar-refractivity contribution in [1.29, 1.82) is 0 Å². The van der Waals surface area contributed by atoms with Gasteiger partial charge in [0.1, 0.15) is 5.69 Å². The first-order chi connectivity index (χ1) is 27.5. The van der Waals surface area contributed by atoms with Crippen LogP contribution in [0.15, 0.2) is 91.3 Å². The van der Waals surface area contributed by atoms with Gasteiger partial charge < -0.3 is 30.4 Å². The highest BCUT2D eigenvalue weighted by molar-refractivity contribution is 6.34. The lowest BCUT2D eigenvalue weighted by Crippen LogP contribution is -2.44. The summed E-state index contributed by atoms with van der Waals surface area (Å²) >= 11 is 6.45. The van der Waals surface area contributed by atoms with Gasteiger partial charge in [-0.15, -0.1) is 0 Å². The van der Waals surface area contributed by atoms with Gasteiger partial charge in [0, 0.05) is 74.2 Å². The average molecular weight is 827 g/mol. The van der Waals surface area contributed by atoms with Gasteiger partial charge in [-0.25, -0.2) is 19.7 Å². The van der Waals surface area contributed by atoms with Crippen molar-refractivity contribution >= 4 is 58.1 Å². The Kier molecular flexibility index (Phi) is 12.2. The molecule has 302 valence electrons. The highest BCUT2D eigenvalue weighted by Crippen LogP contribution is 2.34. The zero-order valence-electron chi connectivity index (χ0n) is 30.4. The van der Waals surface area contributed by atoms with Gasteiger partial charge in [-0.2, -0.15) is 26.3 Å². The molecular weight excluding hydrogens is 794 g/mol. The fourth-order valence-electron chi connectivity index (χ4n) is 6.05. The number of carboxylic acids is 1. The quantitative estimate of drug-likeness (QED) is 0.139. The highest BCUT2D eigenvalue weighted by Gasteiger charge is 2.33. The van der Waals surface area contributed by atoms with Crippen molar-refractivity contribution in [2.24, 2.45) is 0 Å². The number of aromatic nitrogens is 3. The molecule has 5 aromatic rings. The van der Waals surface area contributed by atoms with E-state index in [1.165, 1.54) is 41.4 Å². The van der Waals surface area contributed by atoms with E-state index in [0.29, 0.717) is 41.4 Å². The van der Waals surface area contributed by atoms with Crippen LogP contribution in [0.3, 0.4) is 0 Å². The first-order valence-electron chi connectivity index (χ1n) is 17.5. The van der Waals surface area contributed by atoms with Gasteiger partial charge in [-0.1, -0.05) is 17.7 Å². The second-order valence-electron chi connectivity index (χ2n) is 13.2. The van der Waals surface area contributed by atoms with Crippen LogP contribution < -0.4 is 20.4 Å². The molecule has 1 saturated heterocycles. The van der Waals surface area contributed by atoms with Crippen LogP contribution in [0, 0.1) is 0 Å². The van der Waals surface area contributed by atoms with Crippen LogP contribution in [0.25, 0.3) is 0 Å². The third-order valence-corrected chi connectivity index (χ3v) is 9.48. The molecule has 0 bridgehead atoms. The third-order valence-electron chi connectivity index (χ3n) is 9.16. The molecule has 3 aromatic carbocycles. The number of rotatable bonds is 7. The number of benzene rings is 3. The zero-order valence-corrected chi connectivity index (χ0v) is 31.2. The molecule has 12 nitrogen and oxygen atoms in total. The smallest absolute Gasteiger partial charge is 0.416 e. The lowest BCUT2D eigenvalue weighted by atomic mass is 10.1. The zero-order chi connectivity index (χ0) is 41.8. The maximum absolute atomic E-state index is 13.5. The largest absolute Gasteiger partial charge is 0.477 e. The van der Waals surface area contributed by atoms with E-state index >= 15 is 0 Å². The molecule has 3 N–H and O–H groups in total. The second-order valence-corrected chi connectivity index (χ2v) is 13.6. The summed E-state index contributed by atoms with van der Waals surface area (Å²) in [7, 11) is 2.12. The van der Waals surface area contributed by atoms with E-state index in [2.05, 4.69) is 54.6 Å². The number of amides is 2. The molecule has 2 aromatic heterocycles. The summed E-state index contributed by atoms with van der Waals surface area (Å²) < 4.78 is 75.4. The SMILES string of the molecule is CN1CCN(c2ccc(Nc3ncc4c(n3)CCN(c3cc(NC(=O)c5cccc(C(F)(F)F)c5)ccc3Cl)C4=O)cc2)CC1.O=C(O)c1cc(C(F)(F)F)ccn1. The molecule has 4 heterocycles. The average Bonchev–Trinajstić information content (AvgIpc) is 3.19. The molecule has 0 aliphatic carbocycles. The number of carbonyl (C=O) groups is 3. The summed E-state index contributed by atoms with van der Waals surface area (Å²) in [6, 6.07) is 18.0. The molecular formula is C39H33ClF6N8O4. The predicted octanol–water partition coefficient (Wildman–Crippen LogP) is 7.90. The van der Waals surface area contributed by atoms with Crippen LogP contribution in [0.2, 0.25) is 5.02 Å². The van der Waals surface area contributed by atoms with E-state index in [1.54, 1.807) is 0 Å². The second kappa shape index (κ2) is 17.1. The minimum atomic E-state index is -4.58. The van der Waals surface area contributed by atoms with Gasteiger partial charge in [0.2, 0.25) is 5.95 Å². The van der Waals surface area contributed by atoms with Crippen LogP contribution in [-0.2, 0) is 18.8 Å². The molecule has 19 heteroatoms. The van der Waals surface area contributed by atoms with E-state index < -0.39 is 41.0 Å².